The van der Waals surface area contributed by atoms with Gasteiger partial charge < -0.3 is 25.5 Å². The summed E-state index contributed by atoms with van der Waals surface area (Å²) >= 11 is 0. The molecular formula is C7H14O7. The standard InChI is InChI=1S/C6H12O4.CH2O3/c1-4(8)2-5(9)6(10)3-7;2-1(3)4/h5-7,9-10H,2-3H2,1H3;(H2,2,3,4). The smallest absolute Gasteiger partial charge is 0.450 e. The molecule has 0 aromatic carbocycles. The van der Waals surface area contributed by atoms with Gasteiger partial charge in [0.1, 0.15) is 11.9 Å². The number of aliphatic hydroxyl groups is 3. The van der Waals surface area contributed by atoms with Gasteiger partial charge >= 0.3 is 6.16 Å². The van der Waals surface area contributed by atoms with Gasteiger partial charge in [-0.15, -0.1) is 0 Å². The van der Waals surface area contributed by atoms with Crippen LogP contribution in [0.15, 0.2) is 0 Å². The van der Waals surface area contributed by atoms with Crippen LogP contribution in [0.25, 0.3) is 0 Å². The highest BCUT2D eigenvalue weighted by Gasteiger charge is 2.16. The van der Waals surface area contributed by atoms with E-state index in [1.807, 2.05) is 0 Å². The van der Waals surface area contributed by atoms with Gasteiger partial charge in [-0.1, -0.05) is 0 Å². The number of ketones is 1. The molecule has 0 heterocycles. The van der Waals surface area contributed by atoms with Crippen LogP contribution >= 0.6 is 0 Å². The van der Waals surface area contributed by atoms with Crippen molar-refractivity contribution in [2.75, 3.05) is 6.61 Å². The Bertz CT molecular complexity index is 175. The van der Waals surface area contributed by atoms with Crippen molar-refractivity contribution in [3.63, 3.8) is 0 Å². The van der Waals surface area contributed by atoms with E-state index in [1.165, 1.54) is 6.92 Å². The summed E-state index contributed by atoms with van der Waals surface area (Å²) in [5.74, 6) is -0.208. The fourth-order valence-corrected chi connectivity index (χ4v) is 0.552. The number of hydrogen-bond donors (Lipinski definition) is 5. The van der Waals surface area contributed by atoms with Gasteiger partial charge in [0.25, 0.3) is 0 Å². The van der Waals surface area contributed by atoms with Crippen molar-refractivity contribution in [3.05, 3.63) is 0 Å². The zero-order valence-corrected chi connectivity index (χ0v) is 7.62. The third-order valence-corrected chi connectivity index (χ3v) is 1.13. The lowest BCUT2D eigenvalue weighted by Gasteiger charge is -2.12. The number of aliphatic hydroxyl groups excluding tert-OH is 3. The zero-order chi connectivity index (χ0) is 11.7. The van der Waals surface area contributed by atoms with E-state index in [9.17, 15) is 4.79 Å². The first-order chi connectivity index (χ1) is 6.31. The van der Waals surface area contributed by atoms with Crippen LogP contribution in [0, 0.1) is 0 Å². The average molecular weight is 210 g/mol. The normalized spacial score (nSPS) is 13.4. The highest BCUT2D eigenvalue weighted by Crippen LogP contribution is 1.98. The maximum Gasteiger partial charge on any atom is 0.503 e. The number of carbonyl (C=O) groups is 2. The molecule has 0 aliphatic heterocycles. The molecule has 0 fully saturated rings. The lowest BCUT2D eigenvalue weighted by Crippen LogP contribution is -2.30. The molecule has 0 aromatic heterocycles. The Labute approximate surface area is 80.2 Å². The van der Waals surface area contributed by atoms with Crippen molar-refractivity contribution in [1.82, 2.24) is 0 Å². The first-order valence-corrected chi connectivity index (χ1v) is 3.69. The molecular weight excluding hydrogens is 196 g/mol. The molecule has 0 spiro atoms. The summed E-state index contributed by atoms with van der Waals surface area (Å²) in [5, 5.41) is 39.8. The van der Waals surface area contributed by atoms with Crippen LogP contribution in [0.5, 0.6) is 0 Å². The van der Waals surface area contributed by atoms with Crippen LogP contribution in [0.4, 0.5) is 4.79 Å². The van der Waals surface area contributed by atoms with E-state index in [-0.39, 0.29) is 12.2 Å². The molecule has 0 aromatic rings. The van der Waals surface area contributed by atoms with Crippen molar-refractivity contribution in [1.29, 1.82) is 0 Å². The van der Waals surface area contributed by atoms with Crippen LogP contribution in [-0.4, -0.2) is 56.3 Å². The van der Waals surface area contributed by atoms with Gasteiger partial charge in [-0.25, -0.2) is 4.79 Å². The van der Waals surface area contributed by atoms with Crippen molar-refractivity contribution in [2.24, 2.45) is 0 Å². The molecule has 0 aliphatic rings. The topological polar surface area (TPSA) is 135 Å². The number of carbonyl (C=O) groups excluding carboxylic acids is 1. The van der Waals surface area contributed by atoms with Crippen LogP contribution < -0.4 is 0 Å². The summed E-state index contributed by atoms with van der Waals surface area (Å²) in [7, 11) is 0. The predicted molar refractivity (Wildman–Crippen MR) is 45.1 cm³/mol. The van der Waals surface area contributed by atoms with Crippen LogP contribution in [-0.2, 0) is 4.79 Å². The zero-order valence-electron chi connectivity index (χ0n) is 7.62. The molecule has 0 bridgehead atoms. The van der Waals surface area contributed by atoms with Gasteiger partial charge in [-0.2, -0.15) is 0 Å². The lowest BCUT2D eigenvalue weighted by molar-refractivity contribution is -0.121. The highest BCUT2D eigenvalue weighted by molar-refractivity contribution is 5.76. The third-order valence-electron chi connectivity index (χ3n) is 1.13. The first kappa shape index (κ1) is 15.3. The minimum atomic E-state index is -1.83. The molecule has 2 atom stereocenters. The van der Waals surface area contributed by atoms with E-state index >= 15 is 0 Å². The van der Waals surface area contributed by atoms with Crippen molar-refractivity contribution in [2.45, 2.75) is 25.6 Å². The monoisotopic (exact) mass is 210 g/mol. The average Bonchev–Trinajstić information content (AvgIpc) is 2.00. The second-order valence-electron chi connectivity index (χ2n) is 2.51. The van der Waals surface area contributed by atoms with E-state index in [1.54, 1.807) is 0 Å². The largest absolute Gasteiger partial charge is 0.503 e. The fourth-order valence-electron chi connectivity index (χ4n) is 0.552. The molecule has 7 heteroatoms. The molecule has 0 rings (SSSR count). The van der Waals surface area contributed by atoms with E-state index < -0.39 is 25.0 Å². The van der Waals surface area contributed by atoms with Gasteiger partial charge in [0.15, 0.2) is 0 Å². The maximum absolute atomic E-state index is 10.3. The van der Waals surface area contributed by atoms with Gasteiger partial charge in [0, 0.05) is 6.42 Å². The van der Waals surface area contributed by atoms with Gasteiger partial charge in [0.05, 0.1) is 12.7 Å². The Morgan fingerprint density at radius 1 is 1.14 bits per heavy atom. The Kier molecular flexibility index (Phi) is 9.20. The third kappa shape index (κ3) is 13.4. The van der Waals surface area contributed by atoms with Gasteiger partial charge in [-0.3, -0.25) is 4.79 Å². The van der Waals surface area contributed by atoms with Gasteiger partial charge in [0.2, 0.25) is 0 Å². The van der Waals surface area contributed by atoms with E-state index in [0.717, 1.165) is 0 Å². The summed E-state index contributed by atoms with van der Waals surface area (Å²) in [4.78, 5) is 18.9. The number of Topliss-reactive ketones (excluding diaryl/α,β-unsaturated/α-hetero) is 1. The Hall–Kier alpha value is -1.18. The summed E-state index contributed by atoms with van der Waals surface area (Å²) in [6.07, 6.45) is -4.28. The van der Waals surface area contributed by atoms with Crippen molar-refractivity contribution in [3.8, 4) is 0 Å². The molecule has 0 radical (unpaired) electrons. The quantitative estimate of drug-likeness (QED) is 0.397. The fraction of sp³-hybridized carbons (Fsp3) is 0.714. The molecule has 0 amide bonds. The minimum absolute atomic E-state index is 0.109. The highest BCUT2D eigenvalue weighted by atomic mass is 16.6. The first-order valence-electron chi connectivity index (χ1n) is 3.69. The van der Waals surface area contributed by atoms with Crippen LogP contribution in [0.3, 0.4) is 0 Å². The molecule has 0 aliphatic carbocycles. The van der Waals surface area contributed by atoms with E-state index in [0.29, 0.717) is 0 Å². The molecule has 2 unspecified atom stereocenters. The lowest BCUT2D eigenvalue weighted by atomic mass is 10.1. The Balaban J connectivity index is 0. The molecule has 5 N–H and O–H groups in total. The minimum Gasteiger partial charge on any atom is -0.450 e. The van der Waals surface area contributed by atoms with Crippen molar-refractivity contribution >= 4 is 11.9 Å². The summed E-state index contributed by atoms with van der Waals surface area (Å²) in [5.41, 5.74) is 0. The second-order valence-corrected chi connectivity index (χ2v) is 2.51. The maximum atomic E-state index is 10.3. The summed E-state index contributed by atoms with van der Waals surface area (Å²) in [6.45, 7) is 0.793. The van der Waals surface area contributed by atoms with Gasteiger partial charge in [-0.05, 0) is 6.92 Å². The van der Waals surface area contributed by atoms with E-state index in [4.69, 9.17) is 30.3 Å². The Morgan fingerprint density at radius 3 is 1.71 bits per heavy atom. The molecule has 14 heavy (non-hydrogen) atoms. The van der Waals surface area contributed by atoms with Crippen LogP contribution in [0.2, 0.25) is 0 Å². The molecule has 7 nitrogen and oxygen atoms in total. The predicted octanol–water partition coefficient (Wildman–Crippen LogP) is -1.10. The number of rotatable bonds is 4. The Morgan fingerprint density at radius 2 is 1.50 bits per heavy atom. The van der Waals surface area contributed by atoms with E-state index in [2.05, 4.69) is 0 Å². The van der Waals surface area contributed by atoms with Crippen LogP contribution in [0.1, 0.15) is 13.3 Å². The summed E-state index contributed by atoms with van der Waals surface area (Å²) in [6, 6.07) is 0. The second kappa shape index (κ2) is 8.42. The SMILES string of the molecule is CC(=O)CC(O)C(O)CO.O=C(O)O. The number of hydrogen-bond acceptors (Lipinski definition) is 5. The summed E-state index contributed by atoms with van der Waals surface area (Å²) < 4.78 is 0. The molecule has 84 valence electrons. The number of carboxylic acid groups (broad SMARTS) is 2. The molecule has 0 saturated heterocycles. The van der Waals surface area contributed by atoms with Crippen molar-refractivity contribution < 1.29 is 35.1 Å². The molecule has 0 saturated carbocycles.